The molecule has 1 aliphatic rings. The smallest absolute Gasteiger partial charge is 0.0398 e. The maximum atomic E-state index is 5.69. The van der Waals surface area contributed by atoms with E-state index in [9.17, 15) is 0 Å². The topological polar surface area (TPSA) is 29.3 Å². The van der Waals surface area contributed by atoms with Crippen LogP contribution in [0.5, 0.6) is 0 Å². The second-order valence-corrected chi connectivity index (χ2v) is 6.07. The summed E-state index contributed by atoms with van der Waals surface area (Å²) in [5, 5.41) is 0. The van der Waals surface area contributed by atoms with Crippen molar-refractivity contribution in [3.8, 4) is 0 Å². The van der Waals surface area contributed by atoms with E-state index >= 15 is 0 Å². The average Bonchev–Trinajstić information content (AvgIpc) is 2.69. The Balaban J connectivity index is 1.89. The van der Waals surface area contributed by atoms with E-state index in [0.717, 1.165) is 12.5 Å². The van der Waals surface area contributed by atoms with Gasteiger partial charge in [0.25, 0.3) is 0 Å². The average molecular weight is 274 g/mol. The van der Waals surface area contributed by atoms with Gasteiger partial charge in [-0.2, -0.15) is 0 Å². The lowest BCUT2D eigenvalue weighted by atomic mass is 9.96. The van der Waals surface area contributed by atoms with Crippen LogP contribution >= 0.6 is 0 Å². The molecule has 2 nitrogen and oxygen atoms in total. The number of aryl methyl sites for hydroxylation is 1. The van der Waals surface area contributed by atoms with Crippen molar-refractivity contribution in [2.75, 3.05) is 24.5 Å². The summed E-state index contributed by atoms with van der Waals surface area (Å²) in [6, 6.07) is 8.96. The first-order chi connectivity index (χ1) is 9.85. The van der Waals surface area contributed by atoms with Gasteiger partial charge in [0, 0.05) is 18.8 Å². The summed E-state index contributed by atoms with van der Waals surface area (Å²) in [5.74, 6) is 0.822. The van der Waals surface area contributed by atoms with Gasteiger partial charge in [0.05, 0.1) is 0 Å². The molecule has 0 fully saturated rings. The molecule has 0 radical (unpaired) electrons. The summed E-state index contributed by atoms with van der Waals surface area (Å²) in [7, 11) is 0. The number of anilines is 1. The summed E-state index contributed by atoms with van der Waals surface area (Å²) in [4.78, 5) is 2.61. The molecule has 0 saturated heterocycles. The zero-order valence-corrected chi connectivity index (χ0v) is 13.0. The lowest BCUT2D eigenvalue weighted by Gasteiger charge is -2.26. The molecule has 0 saturated carbocycles. The number of hydrogen-bond donors (Lipinski definition) is 1. The molecule has 0 spiro atoms. The second-order valence-electron chi connectivity index (χ2n) is 6.07. The Morgan fingerprint density at radius 2 is 2.05 bits per heavy atom. The lowest BCUT2D eigenvalue weighted by Crippen LogP contribution is -2.25. The van der Waals surface area contributed by atoms with Crippen LogP contribution in [0.4, 0.5) is 5.69 Å². The van der Waals surface area contributed by atoms with Crippen molar-refractivity contribution >= 4 is 5.69 Å². The zero-order valence-electron chi connectivity index (χ0n) is 13.0. The molecule has 2 heteroatoms. The van der Waals surface area contributed by atoms with Gasteiger partial charge in [-0.25, -0.2) is 0 Å². The normalized spacial score (nSPS) is 16.6. The van der Waals surface area contributed by atoms with E-state index in [1.165, 1.54) is 63.7 Å². The van der Waals surface area contributed by atoms with Crippen LogP contribution in [0.2, 0.25) is 0 Å². The Morgan fingerprint density at radius 3 is 2.85 bits per heavy atom. The van der Waals surface area contributed by atoms with E-state index in [4.69, 9.17) is 5.73 Å². The number of fused-ring (bicyclic) bond motifs is 1. The number of nitrogens with two attached hydrogens (primary N) is 1. The largest absolute Gasteiger partial charge is 0.371 e. The molecule has 2 rings (SSSR count). The number of hydrogen-bond acceptors (Lipinski definition) is 2. The summed E-state index contributed by atoms with van der Waals surface area (Å²) in [6.07, 6.45) is 8.99. The van der Waals surface area contributed by atoms with Gasteiger partial charge in [-0.15, -0.1) is 0 Å². The zero-order chi connectivity index (χ0) is 14.2. The predicted molar refractivity (Wildman–Crippen MR) is 88.3 cm³/mol. The van der Waals surface area contributed by atoms with Gasteiger partial charge in [0.1, 0.15) is 0 Å². The summed E-state index contributed by atoms with van der Waals surface area (Å²) in [6.45, 7) is 5.56. The van der Waals surface area contributed by atoms with Crippen molar-refractivity contribution in [3.63, 3.8) is 0 Å². The van der Waals surface area contributed by atoms with Gasteiger partial charge in [-0.3, -0.25) is 0 Å². The van der Waals surface area contributed by atoms with E-state index in [1.54, 1.807) is 5.56 Å². The Labute approximate surface area is 124 Å². The molecule has 2 N–H and O–H groups in total. The molecule has 1 unspecified atom stereocenters. The van der Waals surface area contributed by atoms with Crippen molar-refractivity contribution < 1.29 is 0 Å². The van der Waals surface area contributed by atoms with Crippen molar-refractivity contribution in [2.45, 2.75) is 51.9 Å². The highest BCUT2D eigenvalue weighted by atomic mass is 15.1. The second kappa shape index (κ2) is 8.31. The van der Waals surface area contributed by atoms with Crippen LogP contribution in [-0.2, 0) is 6.42 Å². The van der Waals surface area contributed by atoms with Crippen LogP contribution in [0.3, 0.4) is 0 Å². The van der Waals surface area contributed by atoms with Crippen LogP contribution in [0, 0.1) is 5.92 Å². The minimum absolute atomic E-state index is 0.822. The Bertz CT molecular complexity index is 389. The molecule has 1 heterocycles. The summed E-state index contributed by atoms with van der Waals surface area (Å²) in [5.41, 5.74) is 8.72. The third-order valence-corrected chi connectivity index (χ3v) is 4.65. The van der Waals surface area contributed by atoms with E-state index < -0.39 is 0 Å². The van der Waals surface area contributed by atoms with Gasteiger partial charge >= 0.3 is 0 Å². The fraction of sp³-hybridized carbons (Fsp3) is 0.667. The third kappa shape index (κ3) is 4.24. The molecule has 0 bridgehead atoms. The highest BCUT2D eigenvalue weighted by Gasteiger charge is 2.14. The van der Waals surface area contributed by atoms with Gasteiger partial charge in [0.2, 0.25) is 0 Å². The summed E-state index contributed by atoms with van der Waals surface area (Å²) < 4.78 is 0. The minimum atomic E-state index is 0.822. The van der Waals surface area contributed by atoms with Crippen molar-refractivity contribution in [3.05, 3.63) is 29.8 Å². The Kier molecular flexibility index (Phi) is 6.38. The Hall–Kier alpha value is -1.02. The molecular formula is C18H30N2. The molecule has 1 aliphatic heterocycles. The molecule has 0 aromatic heterocycles. The maximum absolute atomic E-state index is 5.69. The van der Waals surface area contributed by atoms with Crippen LogP contribution in [0.15, 0.2) is 24.3 Å². The molecule has 0 amide bonds. The van der Waals surface area contributed by atoms with Crippen LogP contribution < -0.4 is 10.6 Å². The van der Waals surface area contributed by atoms with Gasteiger partial charge in [-0.05, 0) is 62.6 Å². The van der Waals surface area contributed by atoms with E-state index in [0.29, 0.717) is 0 Å². The highest BCUT2D eigenvalue weighted by molar-refractivity contribution is 5.54. The molecular weight excluding hydrogens is 244 g/mol. The monoisotopic (exact) mass is 274 g/mol. The third-order valence-electron chi connectivity index (χ3n) is 4.65. The molecule has 1 atom stereocenters. The van der Waals surface area contributed by atoms with Crippen molar-refractivity contribution in [1.29, 1.82) is 0 Å². The number of nitrogens with zero attached hydrogens (tertiary/aromatic N) is 1. The quantitative estimate of drug-likeness (QED) is 0.814. The Morgan fingerprint density at radius 1 is 1.20 bits per heavy atom. The number of para-hydroxylation sites is 1. The fourth-order valence-corrected chi connectivity index (χ4v) is 3.36. The number of rotatable bonds is 7. The SMILES string of the molecule is CCC(CCN)CCCN1CCCCc2ccccc21. The first-order valence-electron chi connectivity index (χ1n) is 8.38. The van der Waals surface area contributed by atoms with Crippen LogP contribution in [0.1, 0.15) is 51.0 Å². The van der Waals surface area contributed by atoms with Gasteiger partial charge in [0.15, 0.2) is 0 Å². The predicted octanol–water partition coefficient (Wildman–Crippen LogP) is 3.98. The van der Waals surface area contributed by atoms with Gasteiger partial charge in [-0.1, -0.05) is 31.5 Å². The van der Waals surface area contributed by atoms with E-state index in [-0.39, 0.29) is 0 Å². The highest BCUT2D eigenvalue weighted by Crippen LogP contribution is 2.26. The van der Waals surface area contributed by atoms with Crippen molar-refractivity contribution in [1.82, 2.24) is 0 Å². The van der Waals surface area contributed by atoms with Crippen LogP contribution in [0.25, 0.3) is 0 Å². The first-order valence-corrected chi connectivity index (χ1v) is 8.38. The molecule has 20 heavy (non-hydrogen) atoms. The van der Waals surface area contributed by atoms with Crippen molar-refractivity contribution in [2.24, 2.45) is 11.7 Å². The standard InChI is InChI=1S/C18H30N2/c1-2-16(12-13-19)8-7-15-20-14-6-5-10-17-9-3-4-11-18(17)20/h3-4,9,11,16H,2,5-8,10,12-15,19H2,1H3. The number of benzene rings is 1. The maximum Gasteiger partial charge on any atom is 0.0398 e. The molecule has 1 aromatic carbocycles. The van der Waals surface area contributed by atoms with E-state index in [2.05, 4.69) is 36.1 Å². The first kappa shape index (κ1) is 15.4. The minimum Gasteiger partial charge on any atom is -0.371 e. The molecule has 1 aromatic rings. The summed E-state index contributed by atoms with van der Waals surface area (Å²) >= 11 is 0. The van der Waals surface area contributed by atoms with E-state index in [1.807, 2.05) is 0 Å². The fourth-order valence-electron chi connectivity index (χ4n) is 3.36. The molecule has 112 valence electrons. The van der Waals surface area contributed by atoms with Gasteiger partial charge < -0.3 is 10.6 Å². The lowest BCUT2D eigenvalue weighted by molar-refractivity contribution is 0.429. The molecule has 0 aliphatic carbocycles. The van der Waals surface area contributed by atoms with Crippen LogP contribution in [-0.4, -0.2) is 19.6 Å².